The van der Waals surface area contributed by atoms with E-state index < -0.39 is 5.97 Å². The van der Waals surface area contributed by atoms with E-state index in [0.717, 1.165) is 25.1 Å². The van der Waals surface area contributed by atoms with Crippen LogP contribution in [0.4, 0.5) is 0 Å². The molecule has 4 nitrogen and oxygen atoms in total. The van der Waals surface area contributed by atoms with Gasteiger partial charge in [-0.2, -0.15) is 0 Å². The predicted octanol–water partition coefficient (Wildman–Crippen LogP) is 1.57. The van der Waals surface area contributed by atoms with Crippen molar-refractivity contribution in [2.45, 2.75) is 25.8 Å². The van der Waals surface area contributed by atoms with Crippen LogP contribution in [0.1, 0.15) is 18.5 Å². The highest BCUT2D eigenvalue weighted by Crippen LogP contribution is 2.27. The summed E-state index contributed by atoms with van der Waals surface area (Å²) in [5, 5.41) is 9.19. The Labute approximate surface area is 86.5 Å². The molecule has 1 aliphatic heterocycles. The second-order valence-electron chi connectivity index (χ2n) is 3.63. The third-order valence-electron chi connectivity index (χ3n) is 2.62. The van der Waals surface area contributed by atoms with Crippen LogP contribution in [0.25, 0.3) is 0 Å². The molecule has 2 heterocycles. The van der Waals surface area contributed by atoms with Gasteiger partial charge in [-0.3, -0.25) is 4.79 Å². The van der Waals surface area contributed by atoms with Gasteiger partial charge in [0.05, 0.1) is 12.0 Å². The Hall–Kier alpha value is -1.03. The van der Waals surface area contributed by atoms with E-state index in [1.165, 1.54) is 0 Å². The molecule has 0 aromatic carbocycles. The summed E-state index contributed by atoms with van der Waals surface area (Å²) in [6.07, 6.45) is 3.56. The van der Waals surface area contributed by atoms with Crippen LogP contribution in [0, 0.1) is 5.92 Å². The fourth-order valence-electron chi connectivity index (χ4n) is 1.90. The molecule has 1 atom stereocenters. The Kier molecular flexibility index (Phi) is 2.46. The first-order valence-corrected chi connectivity index (χ1v) is 4.96. The first-order valence-electron chi connectivity index (χ1n) is 4.58. The molecule has 14 heavy (non-hydrogen) atoms. The minimum atomic E-state index is -0.737. The molecule has 0 amide bonds. The number of aromatic nitrogens is 2. The number of aryl methyl sites for hydroxylation is 1. The van der Waals surface area contributed by atoms with Crippen molar-refractivity contribution in [2.75, 3.05) is 0 Å². The molecular formula is C9H11ClN2O2. The number of hydrogen-bond donors (Lipinski definition) is 1. The maximum Gasteiger partial charge on any atom is 0.303 e. The zero-order valence-electron chi connectivity index (χ0n) is 7.61. The summed E-state index contributed by atoms with van der Waals surface area (Å²) in [7, 11) is 0. The van der Waals surface area contributed by atoms with E-state index in [-0.39, 0.29) is 12.3 Å². The van der Waals surface area contributed by atoms with E-state index in [1.807, 2.05) is 4.57 Å². The number of hydrogen-bond acceptors (Lipinski definition) is 2. The number of rotatable bonds is 2. The van der Waals surface area contributed by atoms with E-state index in [4.69, 9.17) is 16.7 Å². The summed E-state index contributed by atoms with van der Waals surface area (Å²) in [6, 6.07) is 0. The topological polar surface area (TPSA) is 55.1 Å². The summed E-state index contributed by atoms with van der Waals surface area (Å²) in [5.41, 5.74) is 0.976. The molecule has 1 N–H and O–H groups in total. The Morgan fingerprint density at radius 1 is 1.79 bits per heavy atom. The van der Waals surface area contributed by atoms with Crippen molar-refractivity contribution in [3.8, 4) is 0 Å². The van der Waals surface area contributed by atoms with Crippen molar-refractivity contribution < 1.29 is 9.90 Å². The van der Waals surface area contributed by atoms with Crippen molar-refractivity contribution in [3.05, 3.63) is 17.2 Å². The van der Waals surface area contributed by atoms with Gasteiger partial charge in [-0.05, 0) is 18.8 Å². The second-order valence-corrected chi connectivity index (χ2v) is 3.99. The van der Waals surface area contributed by atoms with Gasteiger partial charge in [0, 0.05) is 13.0 Å². The molecule has 0 bridgehead atoms. The smallest absolute Gasteiger partial charge is 0.303 e. The molecule has 1 aliphatic rings. The van der Waals surface area contributed by atoms with Crippen LogP contribution in [0.3, 0.4) is 0 Å². The normalized spacial score (nSPS) is 20.5. The van der Waals surface area contributed by atoms with Gasteiger partial charge in [-0.15, -0.1) is 0 Å². The molecular weight excluding hydrogens is 204 g/mol. The highest BCUT2D eigenvalue weighted by molar-refractivity contribution is 6.30. The fraction of sp³-hybridized carbons (Fsp3) is 0.556. The molecule has 0 radical (unpaired) electrons. The average Bonchev–Trinajstić information content (AvgIpc) is 2.47. The van der Waals surface area contributed by atoms with Gasteiger partial charge < -0.3 is 9.67 Å². The number of fused-ring (bicyclic) bond motifs is 1. The molecule has 0 saturated carbocycles. The first kappa shape index (κ1) is 9.52. The second kappa shape index (κ2) is 3.61. The number of carboxylic acids is 1. The minimum absolute atomic E-state index is 0.203. The number of halogens is 1. The van der Waals surface area contributed by atoms with Gasteiger partial charge >= 0.3 is 5.97 Å². The Morgan fingerprint density at radius 2 is 2.57 bits per heavy atom. The molecule has 0 fully saturated rings. The number of nitrogens with zero attached hydrogens (tertiary/aromatic N) is 2. The largest absolute Gasteiger partial charge is 0.481 e. The zero-order chi connectivity index (χ0) is 10.1. The standard InChI is InChI=1S/C9H11ClN2O2/c10-9-7-3-6(4-8(13)14)1-2-12(7)5-11-9/h5-6H,1-4H2,(H,13,14). The van der Waals surface area contributed by atoms with Gasteiger partial charge in [0.2, 0.25) is 0 Å². The lowest BCUT2D eigenvalue weighted by molar-refractivity contribution is -0.138. The Bertz CT molecular complexity index is 362. The predicted molar refractivity (Wildman–Crippen MR) is 51.3 cm³/mol. The molecule has 1 unspecified atom stereocenters. The van der Waals surface area contributed by atoms with E-state index in [0.29, 0.717) is 5.15 Å². The zero-order valence-corrected chi connectivity index (χ0v) is 8.37. The van der Waals surface area contributed by atoms with Crippen molar-refractivity contribution in [1.29, 1.82) is 0 Å². The van der Waals surface area contributed by atoms with Crippen molar-refractivity contribution >= 4 is 17.6 Å². The molecule has 0 saturated heterocycles. The highest BCUT2D eigenvalue weighted by atomic mass is 35.5. The summed E-state index contributed by atoms with van der Waals surface area (Å²) in [5.74, 6) is -0.534. The summed E-state index contributed by atoms with van der Waals surface area (Å²) in [6.45, 7) is 0.826. The van der Waals surface area contributed by atoms with Gasteiger partial charge in [0.1, 0.15) is 5.15 Å². The minimum Gasteiger partial charge on any atom is -0.481 e. The van der Waals surface area contributed by atoms with E-state index in [9.17, 15) is 4.79 Å². The van der Waals surface area contributed by atoms with Crippen LogP contribution in [0.5, 0.6) is 0 Å². The van der Waals surface area contributed by atoms with Gasteiger partial charge in [-0.25, -0.2) is 4.98 Å². The lowest BCUT2D eigenvalue weighted by Gasteiger charge is -2.22. The molecule has 76 valence electrons. The maximum atomic E-state index is 10.5. The monoisotopic (exact) mass is 214 g/mol. The number of aliphatic carboxylic acids is 1. The van der Waals surface area contributed by atoms with Crippen LogP contribution in [0.15, 0.2) is 6.33 Å². The number of carbonyl (C=O) groups is 1. The van der Waals surface area contributed by atoms with Crippen LogP contribution >= 0.6 is 11.6 Å². The first-order chi connectivity index (χ1) is 6.66. The van der Waals surface area contributed by atoms with E-state index >= 15 is 0 Å². The molecule has 0 spiro atoms. The highest BCUT2D eigenvalue weighted by Gasteiger charge is 2.23. The van der Waals surface area contributed by atoms with Crippen LogP contribution in [-0.2, 0) is 17.8 Å². The quantitative estimate of drug-likeness (QED) is 0.813. The van der Waals surface area contributed by atoms with Crippen molar-refractivity contribution in [1.82, 2.24) is 9.55 Å². The Balaban J connectivity index is 2.12. The molecule has 0 aliphatic carbocycles. The van der Waals surface area contributed by atoms with Gasteiger partial charge in [0.25, 0.3) is 0 Å². The van der Waals surface area contributed by atoms with Gasteiger partial charge in [0.15, 0.2) is 0 Å². The summed E-state index contributed by atoms with van der Waals surface area (Å²) < 4.78 is 2.00. The summed E-state index contributed by atoms with van der Waals surface area (Å²) >= 11 is 5.88. The van der Waals surface area contributed by atoms with Crippen molar-refractivity contribution in [3.63, 3.8) is 0 Å². The average molecular weight is 215 g/mol. The van der Waals surface area contributed by atoms with Gasteiger partial charge in [-0.1, -0.05) is 11.6 Å². The van der Waals surface area contributed by atoms with E-state index in [1.54, 1.807) is 6.33 Å². The van der Waals surface area contributed by atoms with Crippen LogP contribution in [0.2, 0.25) is 5.15 Å². The molecule has 5 heteroatoms. The number of carboxylic acid groups (broad SMARTS) is 1. The molecule has 2 rings (SSSR count). The molecule has 1 aromatic rings. The molecule has 1 aromatic heterocycles. The van der Waals surface area contributed by atoms with Crippen LogP contribution in [-0.4, -0.2) is 20.6 Å². The summed E-state index contributed by atoms with van der Waals surface area (Å²) in [4.78, 5) is 14.5. The van der Waals surface area contributed by atoms with Crippen molar-refractivity contribution in [2.24, 2.45) is 5.92 Å². The lowest BCUT2D eigenvalue weighted by Crippen LogP contribution is -2.20. The maximum absolute atomic E-state index is 10.5. The third kappa shape index (κ3) is 1.75. The number of imidazole rings is 1. The Morgan fingerprint density at radius 3 is 3.29 bits per heavy atom. The third-order valence-corrected chi connectivity index (χ3v) is 2.93. The fourth-order valence-corrected chi connectivity index (χ4v) is 2.12. The van der Waals surface area contributed by atoms with E-state index in [2.05, 4.69) is 4.98 Å². The SMILES string of the molecule is O=C(O)CC1CCn2cnc(Cl)c2C1. The lowest BCUT2D eigenvalue weighted by atomic mass is 9.93. The van der Waals surface area contributed by atoms with Crippen LogP contribution < -0.4 is 0 Å².